The van der Waals surface area contributed by atoms with E-state index in [2.05, 4.69) is 5.32 Å². The van der Waals surface area contributed by atoms with Crippen molar-refractivity contribution in [2.75, 3.05) is 13.7 Å². The van der Waals surface area contributed by atoms with Crippen LogP contribution in [0.1, 0.15) is 31.6 Å². The molecule has 17 heavy (non-hydrogen) atoms. The maximum Gasteiger partial charge on any atom is 0.237 e. The Morgan fingerprint density at radius 2 is 2.41 bits per heavy atom. The number of carbonyl (C=O) groups excluding carboxylic acids is 1. The Morgan fingerprint density at radius 3 is 3.00 bits per heavy atom. The number of nitrogens with two attached hydrogens (primary N) is 1. The van der Waals surface area contributed by atoms with Crippen LogP contribution in [-0.2, 0) is 9.53 Å². The first-order chi connectivity index (χ1) is 8.15. The third kappa shape index (κ3) is 4.58. The summed E-state index contributed by atoms with van der Waals surface area (Å²) in [5.74, 6) is 0.562. The van der Waals surface area contributed by atoms with E-state index in [0.717, 1.165) is 12.2 Å². The summed E-state index contributed by atoms with van der Waals surface area (Å²) in [5, 5.41) is 2.81. The number of rotatable bonds is 7. The fourth-order valence-electron chi connectivity index (χ4n) is 1.51. The van der Waals surface area contributed by atoms with Gasteiger partial charge in [-0.3, -0.25) is 4.79 Å². The van der Waals surface area contributed by atoms with Crippen LogP contribution < -0.4 is 11.1 Å². The normalized spacial score (nSPS) is 14.3. The summed E-state index contributed by atoms with van der Waals surface area (Å²) in [7, 11) is 1.63. The molecule has 0 aliphatic carbocycles. The van der Waals surface area contributed by atoms with Crippen LogP contribution in [0.4, 0.5) is 0 Å². The van der Waals surface area contributed by atoms with Crippen molar-refractivity contribution in [3.63, 3.8) is 0 Å². The monoisotopic (exact) mass is 240 g/mol. The van der Waals surface area contributed by atoms with Crippen LogP contribution >= 0.6 is 0 Å². The molecule has 0 saturated heterocycles. The van der Waals surface area contributed by atoms with Crippen molar-refractivity contribution in [3.05, 3.63) is 24.2 Å². The van der Waals surface area contributed by atoms with E-state index in [1.165, 1.54) is 0 Å². The van der Waals surface area contributed by atoms with Gasteiger partial charge in [0.1, 0.15) is 5.76 Å². The van der Waals surface area contributed by atoms with E-state index in [1.54, 1.807) is 19.4 Å². The Hall–Kier alpha value is -1.33. The number of furan rings is 1. The van der Waals surface area contributed by atoms with Gasteiger partial charge in [0.2, 0.25) is 5.91 Å². The standard InChI is InChI=1S/C12H20N2O3/c1-9(11-6-4-8-17-11)14-12(15)10(13)5-3-7-16-2/h4,6,8-10H,3,5,7,13H2,1-2H3,(H,14,15)/t9-,10?/m0/s1. The zero-order chi connectivity index (χ0) is 12.7. The van der Waals surface area contributed by atoms with Crippen molar-refractivity contribution in [2.45, 2.75) is 31.8 Å². The predicted octanol–water partition coefficient (Wildman–Crippen LogP) is 1.21. The van der Waals surface area contributed by atoms with Gasteiger partial charge in [0.25, 0.3) is 0 Å². The van der Waals surface area contributed by atoms with Crippen LogP contribution in [0.2, 0.25) is 0 Å². The molecule has 0 aliphatic rings. The zero-order valence-corrected chi connectivity index (χ0v) is 10.3. The van der Waals surface area contributed by atoms with E-state index in [9.17, 15) is 4.79 Å². The molecule has 2 atom stereocenters. The molecule has 1 aromatic heterocycles. The van der Waals surface area contributed by atoms with Crippen molar-refractivity contribution in [1.29, 1.82) is 0 Å². The van der Waals surface area contributed by atoms with Gasteiger partial charge < -0.3 is 20.2 Å². The molecular formula is C12H20N2O3. The van der Waals surface area contributed by atoms with E-state index in [0.29, 0.717) is 13.0 Å². The van der Waals surface area contributed by atoms with Gasteiger partial charge in [0, 0.05) is 13.7 Å². The summed E-state index contributed by atoms with van der Waals surface area (Å²) in [6.45, 7) is 2.48. The Morgan fingerprint density at radius 1 is 1.65 bits per heavy atom. The Kier molecular flexibility index (Phi) is 5.72. The molecule has 0 aliphatic heterocycles. The third-order valence-corrected chi connectivity index (χ3v) is 2.53. The molecule has 5 heteroatoms. The predicted molar refractivity (Wildman–Crippen MR) is 64.4 cm³/mol. The van der Waals surface area contributed by atoms with Crippen LogP contribution in [0.3, 0.4) is 0 Å². The zero-order valence-electron chi connectivity index (χ0n) is 10.3. The molecule has 1 aromatic rings. The van der Waals surface area contributed by atoms with Crippen molar-refractivity contribution >= 4 is 5.91 Å². The molecule has 1 heterocycles. The highest BCUT2D eigenvalue weighted by molar-refractivity contribution is 5.81. The van der Waals surface area contributed by atoms with Gasteiger partial charge in [-0.1, -0.05) is 0 Å². The molecule has 0 bridgehead atoms. The molecule has 0 spiro atoms. The van der Waals surface area contributed by atoms with Crippen LogP contribution in [0.5, 0.6) is 0 Å². The number of methoxy groups -OCH3 is 1. The number of nitrogens with one attached hydrogen (secondary N) is 1. The molecule has 1 amide bonds. The lowest BCUT2D eigenvalue weighted by Gasteiger charge is -2.15. The maximum absolute atomic E-state index is 11.7. The summed E-state index contributed by atoms with van der Waals surface area (Å²) < 4.78 is 10.1. The highest BCUT2D eigenvalue weighted by Gasteiger charge is 2.17. The van der Waals surface area contributed by atoms with Gasteiger partial charge in [-0.25, -0.2) is 0 Å². The van der Waals surface area contributed by atoms with E-state index in [-0.39, 0.29) is 11.9 Å². The molecule has 1 unspecified atom stereocenters. The topological polar surface area (TPSA) is 77.5 Å². The first kappa shape index (κ1) is 13.7. The molecular weight excluding hydrogens is 220 g/mol. The summed E-state index contributed by atoms with van der Waals surface area (Å²) in [6.07, 6.45) is 2.97. The Labute approximate surface area is 101 Å². The maximum atomic E-state index is 11.7. The minimum Gasteiger partial charge on any atom is -0.467 e. The quantitative estimate of drug-likeness (QED) is 0.702. The second-order valence-corrected chi connectivity index (χ2v) is 3.99. The summed E-state index contributed by atoms with van der Waals surface area (Å²) in [5.41, 5.74) is 5.76. The van der Waals surface area contributed by atoms with Gasteiger partial charge in [-0.2, -0.15) is 0 Å². The first-order valence-electron chi connectivity index (χ1n) is 5.73. The molecule has 5 nitrogen and oxygen atoms in total. The molecule has 1 rings (SSSR count). The average molecular weight is 240 g/mol. The first-order valence-corrected chi connectivity index (χ1v) is 5.73. The number of amides is 1. The minimum absolute atomic E-state index is 0.161. The minimum atomic E-state index is -0.498. The van der Waals surface area contributed by atoms with E-state index < -0.39 is 6.04 Å². The largest absolute Gasteiger partial charge is 0.467 e. The smallest absolute Gasteiger partial charge is 0.237 e. The fourth-order valence-corrected chi connectivity index (χ4v) is 1.51. The number of ether oxygens (including phenoxy) is 1. The molecule has 0 radical (unpaired) electrons. The lowest BCUT2D eigenvalue weighted by atomic mass is 10.1. The van der Waals surface area contributed by atoms with Crippen LogP contribution in [0.15, 0.2) is 22.8 Å². The number of hydrogen-bond donors (Lipinski definition) is 2. The molecule has 3 N–H and O–H groups in total. The molecule has 0 saturated carbocycles. The highest BCUT2D eigenvalue weighted by Crippen LogP contribution is 2.12. The van der Waals surface area contributed by atoms with Crippen LogP contribution in [0.25, 0.3) is 0 Å². The van der Waals surface area contributed by atoms with Crippen molar-refractivity contribution in [2.24, 2.45) is 5.73 Å². The van der Waals surface area contributed by atoms with E-state index >= 15 is 0 Å². The summed E-state index contributed by atoms with van der Waals surface area (Å²) in [6, 6.07) is 2.95. The van der Waals surface area contributed by atoms with Crippen LogP contribution in [-0.4, -0.2) is 25.7 Å². The van der Waals surface area contributed by atoms with Crippen LogP contribution in [0, 0.1) is 0 Å². The second kappa shape index (κ2) is 7.09. The number of hydrogen-bond acceptors (Lipinski definition) is 4. The van der Waals surface area contributed by atoms with Gasteiger partial charge in [0.15, 0.2) is 0 Å². The van der Waals surface area contributed by atoms with Gasteiger partial charge >= 0.3 is 0 Å². The van der Waals surface area contributed by atoms with Gasteiger partial charge in [-0.05, 0) is 31.9 Å². The highest BCUT2D eigenvalue weighted by atomic mass is 16.5. The Balaban J connectivity index is 2.33. The van der Waals surface area contributed by atoms with E-state index in [1.807, 2.05) is 13.0 Å². The SMILES string of the molecule is COCCCC(N)C(=O)N[C@@H](C)c1ccco1. The van der Waals surface area contributed by atoms with Crippen molar-refractivity contribution in [1.82, 2.24) is 5.32 Å². The second-order valence-electron chi connectivity index (χ2n) is 3.99. The molecule has 96 valence electrons. The lowest BCUT2D eigenvalue weighted by molar-refractivity contribution is -0.123. The molecule has 0 fully saturated rings. The van der Waals surface area contributed by atoms with E-state index in [4.69, 9.17) is 14.9 Å². The molecule has 0 aromatic carbocycles. The average Bonchev–Trinajstić information content (AvgIpc) is 2.82. The van der Waals surface area contributed by atoms with Gasteiger partial charge in [0.05, 0.1) is 18.3 Å². The third-order valence-electron chi connectivity index (χ3n) is 2.53. The fraction of sp³-hybridized carbons (Fsp3) is 0.583. The summed E-state index contributed by atoms with van der Waals surface area (Å²) in [4.78, 5) is 11.7. The lowest BCUT2D eigenvalue weighted by Crippen LogP contribution is -2.41. The van der Waals surface area contributed by atoms with Crippen molar-refractivity contribution in [3.8, 4) is 0 Å². The summed E-state index contributed by atoms with van der Waals surface area (Å²) >= 11 is 0. The number of carbonyl (C=O) groups is 1. The van der Waals surface area contributed by atoms with Gasteiger partial charge in [-0.15, -0.1) is 0 Å². The Bertz CT molecular complexity index is 325. The van der Waals surface area contributed by atoms with Crippen molar-refractivity contribution < 1.29 is 13.9 Å².